The van der Waals surface area contributed by atoms with E-state index in [1.165, 1.54) is 13.4 Å². The van der Waals surface area contributed by atoms with E-state index in [0.29, 0.717) is 5.69 Å². The van der Waals surface area contributed by atoms with Crippen molar-refractivity contribution in [3.05, 3.63) is 38.4 Å². The van der Waals surface area contributed by atoms with Crippen LogP contribution in [0.25, 0.3) is 0 Å². The minimum atomic E-state index is -1.20. The van der Waals surface area contributed by atoms with Gasteiger partial charge in [0, 0.05) is 32.0 Å². The lowest BCUT2D eigenvalue weighted by atomic mass is 10.1. The summed E-state index contributed by atoms with van der Waals surface area (Å²) in [7, 11) is 1.19. The highest BCUT2D eigenvalue weighted by atomic mass is 17.0. The second-order valence-corrected chi connectivity index (χ2v) is 6.37. The number of carbonyl (C=O) groups is 3. The number of H-pyrrole nitrogens is 1. The molecule has 0 aliphatic rings. The molecule has 1 aromatic heterocycles. The van der Waals surface area contributed by atoms with Crippen molar-refractivity contribution >= 4 is 17.8 Å². The molecule has 2 amide bonds. The third kappa shape index (κ3) is 11.3. The van der Waals surface area contributed by atoms with Crippen molar-refractivity contribution < 1.29 is 39.0 Å². The summed E-state index contributed by atoms with van der Waals surface area (Å²) in [5.74, 6) is -1.57. The molecule has 32 heavy (non-hydrogen) atoms. The molecule has 0 bridgehead atoms. The largest absolute Gasteiger partial charge is 0.467 e. The molecule has 0 fully saturated rings. The van der Waals surface area contributed by atoms with Gasteiger partial charge >= 0.3 is 5.97 Å². The van der Waals surface area contributed by atoms with E-state index in [1.54, 1.807) is 6.20 Å². The van der Waals surface area contributed by atoms with Gasteiger partial charge in [-0.2, -0.15) is 0 Å². The summed E-state index contributed by atoms with van der Waals surface area (Å²) in [5, 5.41) is 23.4. The van der Waals surface area contributed by atoms with Crippen molar-refractivity contribution in [3.63, 3.8) is 0 Å². The number of hydrogen-bond acceptors (Lipinski definition) is 11. The second kappa shape index (κ2) is 14.1. The maximum atomic E-state index is 12.1. The monoisotopic (exact) mass is 460 g/mol. The second-order valence-electron chi connectivity index (χ2n) is 6.37. The Morgan fingerprint density at radius 2 is 1.94 bits per heavy atom. The molecular formula is C16H24N6O10. The SMILES string of the molecule is COC(=O)C(Cc1c[nH]cn1)NC(=O)CCNC(=O)CCC[C@@H](CO[N+](=O)[O-])O[N+](=O)[O-]. The fourth-order valence-electron chi connectivity index (χ4n) is 2.54. The molecule has 16 heteroatoms. The van der Waals surface area contributed by atoms with Crippen LogP contribution in [0.5, 0.6) is 0 Å². The van der Waals surface area contributed by atoms with Crippen molar-refractivity contribution in [2.75, 3.05) is 20.3 Å². The number of ether oxygens (including phenoxy) is 1. The van der Waals surface area contributed by atoms with Crippen LogP contribution >= 0.6 is 0 Å². The summed E-state index contributed by atoms with van der Waals surface area (Å²) in [6.45, 7) is -0.657. The molecule has 16 nitrogen and oxygen atoms in total. The molecule has 0 saturated carbocycles. The Kier molecular flexibility index (Phi) is 11.5. The molecule has 0 saturated heterocycles. The standard InChI is InChI=1S/C16H24N6O10/c1-30-16(25)13(7-11-8-17-10-19-11)20-15(24)5-6-18-14(23)4-2-3-12(32-22(28)29)9-31-21(26)27/h8,10,12-13H,2-7,9H2,1H3,(H,17,19)(H,18,23)(H,20,24)/t12-,13?/m0/s1. The Morgan fingerprint density at radius 3 is 2.53 bits per heavy atom. The average molecular weight is 460 g/mol. The number of methoxy groups -OCH3 is 1. The number of aromatic amines is 1. The summed E-state index contributed by atoms with van der Waals surface area (Å²) in [4.78, 5) is 71.3. The van der Waals surface area contributed by atoms with E-state index in [-0.39, 0.29) is 38.6 Å². The van der Waals surface area contributed by atoms with Gasteiger partial charge in [-0.15, -0.1) is 20.2 Å². The molecule has 0 aliphatic heterocycles. The Balaban J connectivity index is 2.32. The van der Waals surface area contributed by atoms with Gasteiger partial charge in [-0.25, -0.2) is 9.78 Å². The number of amides is 2. The number of nitrogens with zero attached hydrogens (tertiary/aromatic N) is 3. The molecule has 2 atom stereocenters. The predicted molar refractivity (Wildman–Crippen MR) is 103 cm³/mol. The zero-order chi connectivity index (χ0) is 23.9. The first-order valence-electron chi connectivity index (χ1n) is 9.41. The molecule has 0 aliphatic carbocycles. The smallest absolute Gasteiger partial charge is 0.328 e. The van der Waals surface area contributed by atoms with E-state index in [4.69, 9.17) is 0 Å². The first-order chi connectivity index (χ1) is 15.2. The van der Waals surface area contributed by atoms with Crippen LogP contribution in [0.4, 0.5) is 0 Å². The van der Waals surface area contributed by atoms with E-state index in [0.717, 1.165) is 0 Å². The first-order valence-corrected chi connectivity index (χ1v) is 9.41. The van der Waals surface area contributed by atoms with E-state index in [9.17, 15) is 34.6 Å². The molecular weight excluding hydrogens is 436 g/mol. The van der Waals surface area contributed by atoms with Crippen LogP contribution in [0.2, 0.25) is 0 Å². The fraction of sp³-hybridized carbons (Fsp3) is 0.625. The number of carbonyl (C=O) groups excluding carboxylic acids is 3. The summed E-state index contributed by atoms with van der Waals surface area (Å²) in [6, 6.07) is -0.939. The predicted octanol–water partition coefficient (Wildman–Crippen LogP) is -0.928. The summed E-state index contributed by atoms with van der Waals surface area (Å²) in [6.07, 6.45) is 1.88. The van der Waals surface area contributed by atoms with Crippen molar-refractivity contribution in [1.29, 1.82) is 0 Å². The molecule has 1 unspecified atom stereocenters. The molecule has 0 aromatic carbocycles. The summed E-state index contributed by atoms with van der Waals surface area (Å²) in [5.41, 5.74) is 0.553. The zero-order valence-corrected chi connectivity index (χ0v) is 17.2. The topological polar surface area (TPSA) is 218 Å². The highest BCUT2D eigenvalue weighted by Crippen LogP contribution is 2.07. The Hall–Kier alpha value is -3.98. The minimum absolute atomic E-state index is 0.0137. The Bertz CT molecular complexity index is 771. The van der Waals surface area contributed by atoms with Crippen molar-refractivity contribution in [1.82, 2.24) is 20.6 Å². The highest BCUT2D eigenvalue weighted by molar-refractivity contribution is 5.85. The van der Waals surface area contributed by atoms with E-state index < -0.39 is 46.7 Å². The Morgan fingerprint density at radius 1 is 1.19 bits per heavy atom. The fourth-order valence-corrected chi connectivity index (χ4v) is 2.54. The third-order valence-electron chi connectivity index (χ3n) is 3.99. The van der Waals surface area contributed by atoms with Crippen LogP contribution in [0.15, 0.2) is 12.5 Å². The first kappa shape index (κ1) is 26.1. The molecule has 178 valence electrons. The molecule has 0 radical (unpaired) electrons. The van der Waals surface area contributed by atoms with Crippen molar-refractivity contribution in [2.24, 2.45) is 0 Å². The Labute approximate surface area is 181 Å². The maximum Gasteiger partial charge on any atom is 0.328 e. The third-order valence-corrected chi connectivity index (χ3v) is 3.99. The summed E-state index contributed by atoms with van der Waals surface area (Å²) >= 11 is 0. The van der Waals surface area contributed by atoms with Gasteiger partial charge in [-0.3, -0.25) is 9.59 Å². The van der Waals surface area contributed by atoms with Crippen LogP contribution in [-0.2, 0) is 35.2 Å². The normalized spacial score (nSPS) is 12.2. The molecule has 3 N–H and O–H groups in total. The lowest BCUT2D eigenvalue weighted by Gasteiger charge is -2.16. The number of esters is 1. The van der Waals surface area contributed by atoms with Crippen LogP contribution in [0, 0.1) is 20.2 Å². The van der Waals surface area contributed by atoms with Gasteiger partial charge in [0.25, 0.3) is 10.2 Å². The van der Waals surface area contributed by atoms with Crippen molar-refractivity contribution in [2.45, 2.75) is 44.2 Å². The number of nitrogens with one attached hydrogen (secondary N) is 3. The van der Waals surface area contributed by atoms with Gasteiger partial charge in [0.1, 0.15) is 18.8 Å². The van der Waals surface area contributed by atoms with Crippen molar-refractivity contribution in [3.8, 4) is 0 Å². The molecule has 0 spiro atoms. The van der Waals surface area contributed by atoms with Gasteiger partial charge in [0.05, 0.1) is 19.1 Å². The summed E-state index contributed by atoms with van der Waals surface area (Å²) < 4.78 is 4.66. The maximum absolute atomic E-state index is 12.1. The lowest BCUT2D eigenvalue weighted by Crippen LogP contribution is -2.44. The highest BCUT2D eigenvalue weighted by Gasteiger charge is 2.22. The molecule has 1 aromatic rings. The minimum Gasteiger partial charge on any atom is -0.467 e. The van der Waals surface area contributed by atoms with E-state index >= 15 is 0 Å². The number of aromatic nitrogens is 2. The number of imidazole rings is 1. The number of hydrogen-bond donors (Lipinski definition) is 3. The van der Waals surface area contributed by atoms with Crippen LogP contribution in [-0.4, -0.2) is 70.3 Å². The number of rotatable bonds is 16. The van der Waals surface area contributed by atoms with Gasteiger partial charge in [-0.1, -0.05) is 0 Å². The van der Waals surface area contributed by atoms with Gasteiger partial charge in [0.15, 0.2) is 0 Å². The van der Waals surface area contributed by atoms with E-state index in [2.05, 4.69) is 35.0 Å². The van der Waals surface area contributed by atoms with Crippen LogP contribution in [0.3, 0.4) is 0 Å². The lowest BCUT2D eigenvalue weighted by molar-refractivity contribution is -0.790. The average Bonchev–Trinajstić information content (AvgIpc) is 3.23. The van der Waals surface area contributed by atoms with Gasteiger partial charge < -0.3 is 30.0 Å². The quantitative estimate of drug-likeness (QED) is 0.155. The molecule has 1 heterocycles. The zero-order valence-electron chi connectivity index (χ0n) is 17.2. The van der Waals surface area contributed by atoms with Crippen LogP contribution in [0.1, 0.15) is 31.4 Å². The van der Waals surface area contributed by atoms with Gasteiger partial charge in [0.2, 0.25) is 11.8 Å². The van der Waals surface area contributed by atoms with Crippen LogP contribution < -0.4 is 10.6 Å². The molecule has 1 rings (SSSR count). The van der Waals surface area contributed by atoms with E-state index in [1.807, 2.05) is 0 Å². The van der Waals surface area contributed by atoms with Gasteiger partial charge in [-0.05, 0) is 12.8 Å².